The molecule has 0 radical (unpaired) electrons. The van der Waals surface area contributed by atoms with Crippen molar-refractivity contribution in [3.63, 3.8) is 0 Å². The molecular weight excluding hydrogens is 510 g/mol. The van der Waals surface area contributed by atoms with Gasteiger partial charge >= 0.3 is 5.97 Å². The van der Waals surface area contributed by atoms with Crippen molar-refractivity contribution in [3.05, 3.63) is 0 Å². The average Bonchev–Trinajstić information content (AvgIpc) is 3.36. The molecule has 0 unspecified atom stereocenters. The van der Waals surface area contributed by atoms with Crippen LogP contribution < -0.4 is 5.32 Å². The number of piperidine rings is 2. The van der Waals surface area contributed by atoms with E-state index in [9.17, 15) is 24.3 Å². The van der Waals surface area contributed by atoms with E-state index in [0.717, 1.165) is 51.6 Å². The molecule has 3 rings (SSSR count). The third kappa shape index (κ3) is 7.55. The number of nitrogens with one attached hydrogen (secondary N) is 1. The van der Waals surface area contributed by atoms with Crippen molar-refractivity contribution in [2.75, 3.05) is 40.3 Å². The van der Waals surface area contributed by atoms with Gasteiger partial charge in [0.2, 0.25) is 17.7 Å². The SMILES string of the molecule is CC(C)[C@@H](CN1CCC[C@H]1C(=O)N1CCCC[C@H]1C(=O)O)N(C)C(=O)[C@@H](NC(=O)[C@H]1CCCCN1C)C(C)(C)C. The monoisotopic (exact) mass is 563 g/mol. The minimum atomic E-state index is -0.933. The molecule has 3 heterocycles. The van der Waals surface area contributed by atoms with E-state index in [-0.39, 0.29) is 41.8 Å². The molecule has 0 saturated carbocycles. The van der Waals surface area contributed by atoms with E-state index in [4.69, 9.17) is 0 Å². The van der Waals surface area contributed by atoms with Crippen molar-refractivity contribution in [1.29, 1.82) is 0 Å². The number of carbonyl (C=O) groups excluding carboxylic acids is 3. The first kappa shape index (κ1) is 32.3. The highest BCUT2D eigenvalue weighted by Gasteiger charge is 2.43. The van der Waals surface area contributed by atoms with Crippen molar-refractivity contribution >= 4 is 23.7 Å². The summed E-state index contributed by atoms with van der Waals surface area (Å²) in [5, 5.41) is 12.8. The maximum atomic E-state index is 14.0. The number of likely N-dealkylation sites (tertiary alicyclic amines) is 3. The molecule has 0 aromatic heterocycles. The highest BCUT2D eigenvalue weighted by molar-refractivity contribution is 5.90. The van der Waals surface area contributed by atoms with Gasteiger partial charge in [-0.1, -0.05) is 41.0 Å². The summed E-state index contributed by atoms with van der Waals surface area (Å²) >= 11 is 0. The van der Waals surface area contributed by atoms with Gasteiger partial charge in [-0.15, -0.1) is 0 Å². The highest BCUT2D eigenvalue weighted by Crippen LogP contribution is 2.28. The van der Waals surface area contributed by atoms with Crippen LogP contribution in [0.25, 0.3) is 0 Å². The Labute approximate surface area is 240 Å². The molecule has 3 aliphatic heterocycles. The van der Waals surface area contributed by atoms with Crippen LogP contribution in [0.4, 0.5) is 0 Å². The summed E-state index contributed by atoms with van der Waals surface area (Å²) in [6, 6.07) is -2.20. The van der Waals surface area contributed by atoms with Crippen molar-refractivity contribution in [3.8, 4) is 0 Å². The number of carboxylic acid groups (broad SMARTS) is 1. The Kier molecular flexibility index (Phi) is 11.0. The third-order valence-corrected chi connectivity index (χ3v) is 9.23. The summed E-state index contributed by atoms with van der Waals surface area (Å²) in [7, 11) is 3.77. The first-order chi connectivity index (χ1) is 18.7. The van der Waals surface area contributed by atoms with Crippen LogP contribution in [-0.4, -0.2) is 119 Å². The predicted molar refractivity (Wildman–Crippen MR) is 155 cm³/mol. The van der Waals surface area contributed by atoms with Gasteiger partial charge in [-0.25, -0.2) is 4.79 Å². The zero-order valence-electron chi connectivity index (χ0n) is 25.8. The number of nitrogens with zero attached hydrogens (tertiary/aromatic N) is 4. The van der Waals surface area contributed by atoms with Gasteiger partial charge in [-0.3, -0.25) is 24.2 Å². The highest BCUT2D eigenvalue weighted by atomic mass is 16.4. The third-order valence-electron chi connectivity index (χ3n) is 9.23. The van der Waals surface area contributed by atoms with Crippen molar-refractivity contribution in [2.24, 2.45) is 11.3 Å². The van der Waals surface area contributed by atoms with Gasteiger partial charge in [0.05, 0.1) is 12.1 Å². The Bertz CT molecular complexity index is 919. The van der Waals surface area contributed by atoms with E-state index >= 15 is 0 Å². The molecule has 228 valence electrons. The average molecular weight is 564 g/mol. The van der Waals surface area contributed by atoms with Gasteiger partial charge < -0.3 is 20.2 Å². The lowest BCUT2D eigenvalue weighted by molar-refractivity contribution is -0.154. The molecule has 3 amide bonds. The number of aliphatic carboxylic acids is 1. The number of likely N-dealkylation sites (N-methyl/N-ethyl adjacent to an activating group) is 2. The fraction of sp³-hybridized carbons (Fsp3) is 0.867. The number of hydrogen-bond donors (Lipinski definition) is 2. The Morgan fingerprint density at radius 1 is 0.900 bits per heavy atom. The summed E-state index contributed by atoms with van der Waals surface area (Å²) < 4.78 is 0. The number of carbonyl (C=O) groups is 4. The van der Waals surface area contributed by atoms with Crippen LogP contribution in [0.15, 0.2) is 0 Å². The molecule has 40 heavy (non-hydrogen) atoms. The molecule has 10 heteroatoms. The Morgan fingerprint density at radius 3 is 2.08 bits per heavy atom. The van der Waals surface area contributed by atoms with E-state index in [1.165, 1.54) is 0 Å². The smallest absolute Gasteiger partial charge is 0.326 e. The second kappa shape index (κ2) is 13.6. The molecule has 0 aliphatic carbocycles. The lowest BCUT2D eigenvalue weighted by Gasteiger charge is -2.42. The second-order valence-corrected chi connectivity index (χ2v) is 13.6. The minimum absolute atomic E-state index is 0.0929. The number of carboxylic acids is 1. The van der Waals surface area contributed by atoms with Gasteiger partial charge in [0.25, 0.3) is 0 Å². The first-order valence-corrected chi connectivity index (χ1v) is 15.3. The maximum Gasteiger partial charge on any atom is 0.326 e. The largest absolute Gasteiger partial charge is 0.480 e. The zero-order chi connectivity index (χ0) is 29.8. The zero-order valence-corrected chi connectivity index (χ0v) is 25.8. The molecule has 2 N–H and O–H groups in total. The Balaban J connectivity index is 1.75. The van der Waals surface area contributed by atoms with Gasteiger partial charge in [-0.05, 0) is 76.4 Å². The van der Waals surface area contributed by atoms with Crippen LogP contribution in [0.2, 0.25) is 0 Å². The fourth-order valence-electron chi connectivity index (χ4n) is 6.65. The van der Waals surface area contributed by atoms with Crippen LogP contribution >= 0.6 is 0 Å². The standard InChI is InChI=1S/C30H53N5O5/c1-20(2)24(19-34-17-12-15-22(34)27(37)35-18-11-9-14-23(35)29(39)40)33(7)28(38)25(30(3,4)5)31-26(36)21-13-8-10-16-32(21)6/h20-25H,8-19H2,1-7H3,(H,31,36)(H,39,40)/t21-,22+,23+,24-,25-/m1/s1. The van der Waals surface area contributed by atoms with E-state index in [1.54, 1.807) is 9.80 Å². The lowest BCUT2D eigenvalue weighted by Crippen LogP contribution is -2.61. The minimum Gasteiger partial charge on any atom is -0.480 e. The lowest BCUT2D eigenvalue weighted by atomic mass is 9.84. The van der Waals surface area contributed by atoms with Crippen molar-refractivity contribution in [1.82, 2.24) is 24.9 Å². The maximum absolute atomic E-state index is 14.0. The summed E-state index contributed by atoms with van der Waals surface area (Å²) in [4.78, 5) is 60.4. The Morgan fingerprint density at radius 2 is 1.50 bits per heavy atom. The topological polar surface area (TPSA) is 113 Å². The molecule has 0 spiro atoms. The summed E-state index contributed by atoms with van der Waals surface area (Å²) in [5.74, 6) is -1.13. The van der Waals surface area contributed by atoms with Gasteiger partial charge in [0.1, 0.15) is 12.1 Å². The van der Waals surface area contributed by atoms with Crippen LogP contribution in [0, 0.1) is 11.3 Å². The second-order valence-electron chi connectivity index (χ2n) is 13.6. The van der Waals surface area contributed by atoms with Crippen molar-refractivity contribution < 1.29 is 24.3 Å². The molecule has 0 aromatic carbocycles. The van der Waals surface area contributed by atoms with Crippen LogP contribution in [0.3, 0.4) is 0 Å². The van der Waals surface area contributed by atoms with Gasteiger partial charge in [0, 0.05) is 26.2 Å². The van der Waals surface area contributed by atoms with Crippen molar-refractivity contribution in [2.45, 2.75) is 116 Å². The van der Waals surface area contributed by atoms with Crippen LogP contribution in [-0.2, 0) is 19.2 Å². The van der Waals surface area contributed by atoms with E-state index in [1.807, 2.05) is 34.9 Å². The number of amides is 3. The summed E-state index contributed by atoms with van der Waals surface area (Å²) in [5.41, 5.74) is -0.484. The van der Waals surface area contributed by atoms with E-state index in [0.29, 0.717) is 25.9 Å². The van der Waals surface area contributed by atoms with Crippen LogP contribution in [0.5, 0.6) is 0 Å². The quantitative estimate of drug-likeness (QED) is 0.443. The normalized spacial score (nSPS) is 26.4. The molecule has 5 atom stereocenters. The molecule has 3 fully saturated rings. The van der Waals surface area contributed by atoms with E-state index in [2.05, 4.69) is 29.0 Å². The Hall–Kier alpha value is -2.20. The molecule has 0 bridgehead atoms. The molecule has 0 aromatic rings. The molecule has 3 aliphatic rings. The number of rotatable bonds is 9. The van der Waals surface area contributed by atoms with Gasteiger partial charge in [0.15, 0.2) is 0 Å². The van der Waals surface area contributed by atoms with Gasteiger partial charge in [-0.2, -0.15) is 0 Å². The summed E-state index contributed by atoms with van der Waals surface area (Å²) in [6.07, 6.45) is 6.57. The summed E-state index contributed by atoms with van der Waals surface area (Å²) in [6.45, 7) is 12.7. The molecular formula is C30H53N5O5. The van der Waals surface area contributed by atoms with Crippen LogP contribution in [0.1, 0.15) is 86.0 Å². The fourth-order valence-corrected chi connectivity index (χ4v) is 6.65. The predicted octanol–water partition coefficient (Wildman–Crippen LogP) is 2.41. The molecule has 10 nitrogen and oxygen atoms in total. The number of hydrogen-bond acceptors (Lipinski definition) is 6. The molecule has 3 saturated heterocycles. The van der Waals surface area contributed by atoms with E-state index < -0.39 is 23.5 Å². The first-order valence-electron chi connectivity index (χ1n) is 15.3.